The number of halogens is 1. The number of hydrogen-bond donors (Lipinski definition) is 2. The van der Waals surface area contributed by atoms with Gasteiger partial charge in [0.1, 0.15) is 6.61 Å². The number of nitrogens with one attached hydrogen (secondary N) is 1. The van der Waals surface area contributed by atoms with Crippen LogP contribution < -0.4 is 5.32 Å². The minimum absolute atomic E-state index is 0.0657. The third kappa shape index (κ3) is 3.66. The van der Waals surface area contributed by atoms with Crippen molar-refractivity contribution in [3.8, 4) is 11.8 Å². The average Bonchev–Trinajstić information content (AvgIpc) is 2.92. The van der Waals surface area contributed by atoms with Gasteiger partial charge in [0, 0.05) is 11.3 Å². The number of anilines is 1. The lowest BCUT2D eigenvalue weighted by Crippen LogP contribution is -2.13. The van der Waals surface area contributed by atoms with Crippen LogP contribution in [-0.4, -0.2) is 17.6 Å². The smallest absolute Gasteiger partial charge is 0.260 e. The van der Waals surface area contributed by atoms with Gasteiger partial charge in [-0.15, -0.1) is 0 Å². The third-order valence-corrected chi connectivity index (χ3v) is 3.20. The molecule has 1 amide bonds. The number of aliphatic hydroxyl groups is 1. The Balaban J connectivity index is 2.24. The molecule has 0 fully saturated rings. The second-order valence-corrected chi connectivity index (χ2v) is 4.59. The highest BCUT2D eigenvalue weighted by Crippen LogP contribution is 2.22. The van der Waals surface area contributed by atoms with Crippen LogP contribution in [0, 0.1) is 11.8 Å². The van der Waals surface area contributed by atoms with E-state index in [-0.39, 0.29) is 17.7 Å². The third-order valence-electron chi connectivity index (χ3n) is 2.91. The predicted octanol–water partition coefficient (Wildman–Crippen LogP) is 3.09. The van der Waals surface area contributed by atoms with E-state index in [0.717, 1.165) is 17.5 Å². The van der Waals surface area contributed by atoms with Crippen LogP contribution in [0.4, 0.5) is 5.69 Å². The summed E-state index contributed by atoms with van der Waals surface area (Å²) in [5.74, 6) is 5.11. The van der Waals surface area contributed by atoms with Gasteiger partial charge >= 0.3 is 0 Å². The van der Waals surface area contributed by atoms with E-state index in [1.807, 2.05) is 13.0 Å². The second kappa shape index (κ2) is 6.98. The van der Waals surface area contributed by atoms with Crippen LogP contribution in [-0.2, 0) is 6.42 Å². The first-order valence-corrected chi connectivity index (χ1v) is 6.80. The quantitative estimate of drug-likeness (QED) is 0.857. The Kier molecular flexibility index (Phi) is 5.04. The minimum Gasteiger partial charge on any atom is -0.452 e. The summed E-state index contributed by atoms with van der Waals surface area (Å²) in [5, 5.41) is 11.6. The van der Waals surface area contributed by atoms with E-state index in [0.29, 0.717) is 11.3 Å². The summed E-state index contributed by atoms with van der Waals surface area (Å²) >= 11 is 5.79. The van der Waals surface area contributed by atoms with Crippen molar-refractivity contribution in [1.29, 1.82) is 0 Å². The number of hydrogen-bond acceptors (Lipinski definition) is 3. The zero-order chi connectivity index (χ0) is 15.2. The van der Waals surface area contributed by atoms with Gasteiger partial charge in [-0.05, 0) is 47.9 Å². The lowest BCUT2D eigenvalue weighted by atomic mass is 10.1. The number of amides is 1. The molecule has 4 nitrogen and oxygen atoms in total. The van der Waals surface area contributed by atoms with Crippen molar-refractivity contribution in [3.63, 3.8) is 0 Å². The van der Waals surface area contributed by atoms with Crippen molar-refractivity contribution in [2.24, 2.45) is 0 Å². The number of aryl methyl sites for hydroxylation is 1. The fourth-order valence-corrected chi connectivity index (χ4v) is 2.07. The fraction of sp³-hybridized carbons (Fsp3) is 0.188. The standard InChI is InChI=1S/C16H14ClNO3/c1-2-12-10-11(4-3-8-19)5-6-14(12)18-16(20)13-7-9-21-15(13)17/h5-7,9-10,19H,2,8H2,1H3,(H,18,20). The molecule has 1 heterocycles. The normalized spacial score (nSPS) is 9.86. The van der Waals surface area contributed by atoms with E-state index in [4.69, 9.17) is 21.1 Å². The maximum absolute atomic E-state index is 12.1. The summed E-state index contributed by atoms with van der Waals surface area (Å²) in [4.78, 5) is 12.1. The molecule has 0 spiro atoms. The summed E-state index contributed by atoms with van der Waals surface area (Å²) in [7, 11) is 0. The molecule has 2 aromatic rings. The molecule has 0 saturated heterocycles. The van der Waals surface area contributed by atoms with Crippen molar-refractivity contribution in [3.05, 3.63) is 52.4 Å². The van der Waals surface area contributed by atoms with E-state index < -0.39 is 0 Å². The Labute approximate surface area is 127 Å². The Bertz CT molecular complexity index is 710. The zero-order valence-corrected chi connectivity index (χ0v) is 12.2. The van der Waals surface area contributed by atoms with Crippen LogP contribution in [0.1, 0.15) is 28.4 Å². The molecule has 0 unspecified atom stereocenters. The van der Waals surface area contributed by atoms with Crippen LogP contribution in [0.5, 0.6) is 0 Å². The number of benzene rings is 1. The first-order valence-electron chi connectivity index (χ1n) is 6.42. The fourth-order valence-electron chi connectivity index (χ4n) is 1.87. The first kappa shape index (κ1) is 15.2. The van der Waals surface area contributed by atoms with Gasteiger partial charge in [0.25, 0.3) is 5.91 Å². The van der Waals surface area contributed by atoms with Gasteiger partial charge in [-0.2, -0.15) is 0 Å². The van der Waals surface area contributed by atoms with Crippen LogP contribution >= 0.6 is 11.6 Å². The number of furan rings is 1. The molecule has 0 atom stereocenters. The minimum atomic E-state index is -0.322. The average molecular weight is 304 g/mol. The highest BCUT2D eigenvalue weighted by atomic mass is 35.5. The van der Waals surface area contributed by atoms with E-state index in [1.165, 1.54) is 12.3 Å². The monoisotopic (exact) mass is 303 g/mol. The molecule has 0 aliphatic heterocycles. The number of carbonyl (C=O) groups is 1. The summed E-state index contributed by atoms with van der Waals surface area (Å²) in [6.07, 6.45) is 2.11. The van der Waals surface area contributed by atoms with Crippen LogP contribution in [0.15, 0.2) is 34.9 Å². The van der Waals surface area contributed by atoms with Gasteiger partial charge in [0.05, 0.1) is 11.8 Å². The zero-order valence-electron chi connectivity index (χ0n) is 11.4. The number of aliphatic hydroxyl groups excluding tert-OH is 1. The molecular weight excluding hydrogens is 290 g/mol. The van der Waals surface area contributed by atoms with Crippen molar-refractivity contribution in [2.45, 2.75) is 13.3 Å². The summed E-state index contributed by atoms with van der Waals surface area (Å²) in [6.45, 7) is 1.80. The van der Waals surface area contributed by atoms with Gasteiger partial charge in [0.15, 0.2) is 0 Å². The van der Waals surface area contributed by atoms with E-state index >= 15 is 0 Å². The molecule has 21 heavy (non-hydrogen) atoms. The lowest BCUT2D eigenvalue weighted by Gasteiger charge is -2.10. The van der Waals surface area contributed by atoms with E-state index in [9.17, 15) is 4.79 Å². The molecular formula is C16H14ClNO3. The van der Waals surface area contributed by atoms with Gasteiger partial charge in [-0.1, -0.05) is 18.8 Å². The van der Waals surface area contributed by atoms with Gasteiger partial charge < -0.3 is 14.8 Å². The maximum Gasteiger partial charge on any atom is 0.260 e. The van der Waals surface area contributed by atoms with E-state index in [2.05, 4.69) is 17.2 Å². The topological polar surface area (TPSA) is 62.5 Å². The van der Waals surface area contributed by atoms with Crippen LogP contribution in [0.2, 0.25) is 5.22 Å². The molecule has 5 heteroatoms. The molecule has 1 aromatic heterocycles. The molecule has 2 N–H and O–H groups in total. The van der Waals surface area contributed by atoms with Gasteiger partial charge in [-0.3, -0.25) is 4.79 Å². The summed E-state index contributed by atoms with van der Waals surface area (Å²) < 4.78 is 4.91. The number of rotatable bonds is 3. The predicted molar refractivity (Wildman–Crippen MR) is 81.5 cm³/mol. The number of carbonyl (C=O) groups excluding carboxylic acids is 1. The first-order chi connectivity index (χ1) is 10.2. The van der Waals surface area contributed by atoms with E-state index in [1.54, 1.807) is 12.1 Å². The summed E-state index contributed by atoms with van der Waals surface area (Å²) in [5.41, 5.74) is 2.74. The Morgan fingerprint density at radius 1 is 1.43 bits per heavy atom. The Hall–Kier alpha value is -2.22. The molecule has 0 aliphatic carbocycles. The molecule has 0 radical (unpaired) electrons. The highest BCUT2D eigenvalue weighted by molar-refractivity contribution is 6.32. The Morgan fingerprint density at radius 3 is 2.86 bits per heavy atom. The van der Waals surface area contributed by atoms with Crippen LogP contribution in [0.25, 0.3) is 0 Å². The van der Waals surface area contributed by atoms with Crippen molar-refractivity contribution < 1.29 is 14.3 Å². The second-order valence-electron chi connectivity index (χ2n) is 4.25. The van der Waals surface area contributed by atoms with Gasteiger partial charge in [-0.25, -0.2) is 0 Å². The molecule has 2 rings (SSSR count). The molecule has 0 aliphatic rings. The van der Waals surface area contributed by atoms with Crippen molar-refractivity contribution in [1.82, 2.24) is 0 Å². The SMILES string of the molecule is CCc1cc(C#CCO)ccc1NC(=O)c1ccoc1Cl. The molecule has 0 saturated carbocycles. The summed E-state index contributed by atoms with van der Waals surface area (Å²) in [6, 6.07) is 6.97. The molecule has 0 bridgehead atoms. The molecule has 1 aromatic carbocycles. The van der Waals surface area contributed by atoms with Crippen molar-refractivity contribution in [2.75, 3.05) is 11.9 Å². The Morgan fingerprint density at radius 2 is 2.24 bits per heavy atom. The van der Waals surface area contributed by atoms with Crippen molar-refractivity contribution >= 4 is 23.2 Å². The largest absolute Gasteiger partial charge is 0.452 e. The lowest BCUT2D eigenvalue weighted by molar-refractivity contribution is 0.102. The molecule has 108 valence electrons. The van der Waals surface area contributed by atoms with Gasteiger partial charge in [0.2, 0.25) is 5.22 Å². The highest BCUT2D eigenvalue weighted by Gasteiger charge is 2.14. The van der Waals surface area contributed by atoms with Crippen LogP contribution in [0.3, 0.4) is 0 Å². The maximum atomic E-state index is 12.1.